The summed E-state index contributed by atoms with van der Waals surface area (Å²) in [5.74, 6) is 0.155. The fourth-order valence-corrected chi connectivity index (χ4v) is 2.34. The van der Waals surface area contributed by atoms with Crippen LogP contribution in [0.25, 0.3) is 21.6 Å². The lowest BCUT2D eigenvalue weighted by molar-refractivity contribution is -0.0811. The Morgan fingerprint density at radius 2 is 2.14 bits per heavy atom. The standard InChI is InChI=1S/C10H12N8O4/c11-7-3-8(14-1-13-7)18(2-15-3)10-5(20)4(19)6(22-10)9(21)16-17-12/h1-2,4-6,9-10,19-21H,(H2,11,13,14)/t4-,5+,6-,9?,10+/m0/s1. The van der Waals surface area contributed by atoms with Crippen LogP contribution in [-0.2, 0) is 4.74 Å². The minimum absolute atomic E-state index is 0.155. The van der Waals surface area contributed by atoms with E-state index in [0.717, 1.165) is 0 Å². The average Bonchev–Trinajstić information content (AvgIpc) is 3.03. The van der Waals surface area contributed by atoms with Crippen molar-refractivity contribution in [2.75, 3.05) is 5.73 Å². The third-order valence-corrected chi connectivity index (χ3v) is 3.40. The number of anilines is 1. The molecule has 0 spiro atoms. The highest BCUT2D eigenvalue weighted by atomic mass is 16.6. The SMILES string of the molecule is [N-]=[N+]=NC(O)[C@H]1O[C@@H](n2cnc3c(N)ncnc32)[C@H](O)[C@@H]1O. The Balaban J connectivity index is 1.97. The zero-order valence-corrected chi connectivity index (χ0v) is 11.0. The van der Waals surface area contributed by atoms with E-state index in [4.69, 9.17) is 16.0 Å². The number of hydrogen-bond acceptors (Lipinski definition) is 9. The molecule has 116 valence electrons. The van der Waals surface area contributed by atoms with Gasteiger partial charge in [-0.3, -0.25) is 4.57 Å². The molecule has 0 saturated carbocycles. The largest absolute Gasteiger partial charge is 0.387 e. The summed E-state index contributed by atoms with van der Waals surface area (Å²) in [5, 5.41) is 32.7. The van der Waals surface area contributed by atoms with Crippen LogP contribution >= 0.6 is 0 Å². The minimum atomic E-state index is -1.64. The fourth-order valence-electron chi connectivity index (χ4n) is 2.34. The van der Waals surface area contributed by atoms with Crippen LogP contribution < -0.4 is 5.73 Å². The fraction of sp³-hybridized carbons (Fsp3) is 0.500. The first-order valence-electron chi connectivity index (χ1n) is 6.21. The van der Waals surface area contributed by atoms with E-state index in [-0.39, 0.29) is 5.82 Å². The first-order chi connectivity index (χ1) is 10.5. The van der Waals surface area contributed by atoms with E-state index in [1.807, 2.05) is 0 Å². The maximum absolute atomic E-state index is 10.1. The Bertz CT molecular complexity index is 744. The summed E-state index contributed by atoms with van der Waals surface area (Å²) in [6.45, 7) is 0. The number of hydrogen-bond donors (Lipinski definition) is 4. The molecule has 5 atom stereocenters. The van der Waals surface area contributed by atoms with E-state index in [1.54, 1.807) is 0 Å². The van der Waals surface area contributed by atoms with Crippen LogP contribution in [0.5, 0.6) is 0 Å². The highest BCUT2D eigenvalue weighted by Crippen LogP contribution is 2.33. The normalized spacial score (nSPS) is 29.4. The van der Waals surface area contributed by atoms with Crippen LogP contribution in [0.4, 0.5) is 5.82 Å². The Kier molecular flexibility index (Phi) is 3.52. The zero-order chi connectivity index (χ0) is 15.9. The third-order valence-electron chi connectivity index (χ3n) is 3.40. The second-order valence-corrected chi connectivity index (χ2v) is 4.67. The quantitative estimate of drug-likeness (QED) is 0.304. The summed E-state index contributed by atoms with van der Waals surface area (Å²) in [6.07, 6.45) is -4.31. The van der Waals surface area contributed by atoms with Crippen LogP contribution in [0.1, 0.15) is 6.23 Å². The summed E-state index contributed by atoms with van der Waals surface area (Å²) in [4.78, 5) is 14.3. The Hall–Kier alpha value is -2.50. The van der Waals surface area contributed by atoms with Crippen LogP contribution in [0, 0.1) is 0 Å². The molecule has 2 aromatic heterocycles. The molecular formula is C10H12N8O4. The summed E-state index contributed by atoms with van der Waals surface area (Å²) in [7, 11) is 0. The number of fused-ring (bicyclic) bond motifs is 1. The van der Waals surface area contributed by atoms with Crippen LogP contribution in [0.15, 0.2) is 17.8 Å². The predicted molar refractivity (Wildman–Crippen MR) is 70.8 cm³/mol. The molecule has 0 radical (unpaired) electrons. The van der Waals surface area contributed by atoms with Crippen molar-refractivity contribution in [1.29, 1.82) is 0 Å². The molecule has 3 rings (SSSR count). The second kappa shape index (κ2) is 5.36. The maximum Gasteiger partial charge on any atom is 0.167 e. The molecule has 0 bridgehead atoms. The van der Waals surface area contributed by atoms with Crippen molar-refractivity contribution in [3.8, 4) is 0 Å². The average molecular weight is 308 g/mol. The number of azide groups is 1. The molecule has 1 aliphatic heterocycles. The number of nitrogens with two attached hydrogens (primary N) is 1. The molecule has 12 heteroatoms. The molecule has 5 N–H and O–H groups in total. The van der Waals surface area contributed by atoms with E-state index in [0.29, 0.717) is 11.2 Å². The molecule has 1 fully saturated rings. The number of imidazole rings is 1. The topological polar surface area (TPSA) is 188 Å². The van der Waals surface area contributed by atoms with Crippen molar-refractivity contribution in [3.63, 3.8) is 0 Å². The first-order valence-corrected chi connectivity index (χ1v) is 6.21. The van der Waals surface area contributed by atoms with Crippen molar-refractivity contribution in [2.45, 2.75) is 30.8 Å². The minimum Gasteiger partial charge on any atom is -0.387 e. The van der Waals surface area contributed by atoms with Gasteiger partial charge in [-0.1, -0.05) is 5.11 Å². The lowest BCUT2D eigenvalue weighted by Gasteiger charge is -2.17. The summed E-state index contributed by atoms with van der Waals surface area (Å²) in [5.41, 5.74) is 14.6. The molecular weight excluding hydrogens is 296 g/mol. The van der Waals surface area contributed by atoms with Gasteiger partial charge in [0.25, 0.3) is 0 Å². The highest BCUT2D eigenvalue weighted by molar-refractivity contribution is 5.81. The molecule has 0 aromatic carbocycles. The first kappa shape index (κ1) is 14.4. The number of aliphatic hydroxyl groups is 3. The van der Waals surface area contributed by atoms with Crippen molar-refractivity contribution >= 4 is 17.0 Å². The second-order valence-electron chi connectivity index (χ2n) is 4.67. The van der Waals surface area contributed by atoms with Gasteiger partial charge in [0.1, 0.15) is 30.2 Å². The predicted octanol–water partition coefficient (Wildman–Crippen LogP) is -1.34. The maximum atomic E-state index is 10.1. The monoisotopic (exact) mass is 308 g/mol. The lowest BCUT2D eigenvalue weighted by Crippen LogP contribution is -2.37. The molecule has 3 heterocycles. The summed E-state index contributed by atoms with van der Waals surface area (Å²) in [6, 6.07) is 0. The molecule has 0 amide bonds. The van der Waals surface area contributed by atoms with E-state index in [9.17, 15) is 15.3 Å². The van der Waals surface area contributed by atoms with Gasteiger partial charge < -0.3 is 25.8 Å². The van der Waals surface area contributed by atoms with Crippen LogP contribution in [0.2, 0.25) is 0 Å². The molecule has 1 saturated heterocycles. The smallest absolute Gasteiger partial charge is 0.167 e. The van der Waals surface area contributed by atoms with Crippen LogP contribution in [-0.4, -0.2) is 59.4 Å². The molecule has 1 unspecified atom stereocenters. The van der Waals surface area contributed by atoms with Gasteiger partial charge in [0.05, 0.1) is 6.33 Å². The van der Waals surface area contributed by atoms with Gasteiger partial charge in [-0.2, -0.15) is 0 Å². The van der Waals surface area contributed by atoms with Crippen molar-refractivity contribution in [2.24, 2.45) is 5.11 Å². The number of aliphatic hydroxyl groups excluding tert-OH is 3. The van der Waals surface area contributed by atoms with Crippen molar-refractivity contribution in [3.05, 3.63) is 23.1 Å². The summed E-state index contributed by atoms with van der Waals surface area (Å²) < 4.78 is 6.75. The van der Waals surface area contributed by atoms with Gasteiger partial charge in [-0.05, 0) is 5.53 Å². The molecule has 12 nitrogen and oxygen atoms in total. The Morgan fingerprint density at radius 3 is 2.86 bits per heavy atom. The Labute approximate surface area is 122 Å². The summed E-state index contributed by atoms with van der Waals surface area (Å²) >= 11 is 0. The van der Waals surface area contributed by atoms with E-state index < -0.39 is 30.8 Å². The number of rotatable bonds is 3. The van der Waals surface area contributed by atoms with Crippen molar-refractivity contribution < 1.29 is 20.1 Å². The van der Waals surface area contributed by atoms with Gasteiger partial charge in [0.15, 0.2) is 23.9 Å². The van der Waals surface area contributed by atoms with Gasteiger partial charge >= 0.3 is 0 Å². The molecule has 1 aliphatic rings. The number of nitrogens with zero attached hydrogens (tertiary/aromatic N) is 7. The zero-order valence-electron chi connectivity index (χ0n) is 11.0. The van der Waals surface area contributed by atoms with E-state index >= 15 is 0 Å². The molecule has 2 aromatic rings. The van der Waals surface area contributed by atoms with Gasteiger partial charge in [-0.25, -0.2) is 15.0 Å². The number of nitrogen functional groups attached to an aromatic ring is 1. The van der Waals surface area contributed by atoms with Gasteiger partial charge in [0.2, 0.25) is 0 Å². The number of ether oxygens (including phenoxy) is 1. The highest BCUT2D eigenvalue weighted by Gasteiger charge is 2.47. The Morgan fingerprint density at radius 1 is 1.36 bits per heavy atom. The molecule has 22 heavy (non-hydrogen) atoms. The van der Waals surface area contributed by atoms with Crippen molar-refractivity contribution in [1.82, 2.24) is 19.5 Å². The van der Waals surface area contributed by atoms with E-state index in [1.165, 1.54) is 17.2 Å². The van der Waals surface area contributed by atoms with Crippen LogP contribution in [0.3, 0.4) is 0 Å². The number of aromatic nitrogens is 4. The molecule has 0 aliphatic carbocycles. The van der Waals surface area contributed by atoms with E-state index in [2.05, 4.69) is 25.0 Å². The lowest BCUT2D eigenvalue weighted by atomic mass is 10.1. The van der Waals surface area contributed by atoms with Gasteiger partial charge in [0, 0.05) is 4.91 Å². The van der Waals surface area contributed by atoms with Gasteiger partial charge in [-0.15, -0.1) is 0 Å². The third kappa shape index (κ3) is 2.11.